The second-order valence-electron chi connectivity index (χ2n) is 4.07. The zero-order chi connectivity index (χ0) is 10.7. The first-order chi connectivity index (χ1) is 7.31. The van der Waals surface area contributed by atoms with Gasteiger partial charge < -0.3 is 10.3 Å². The largest absolute Gasteiger partial charge is 0.361 e. The second-order valence-corrected chi connectivity index (χ2v) is 4.07. The molecule has 0 saturated heterocycles. The van der Waals surface area contributed by atoms with Crippen LogP contribution in [0.2, 0.25) is 0 Å². The molecule has 1 aliphatic carbocycles. The first kappa shape index (κ1) is 10.2. The molecule has 0 spiro atoms. The van der Waals surface area contributed by atoms with Gasteiger partial charge in [-0.1, -0.05) is 25.2 Å². The number of hydrogen-bond acceptors (Lipinski definition) is 1. The quantitative estimate of drug-likeness (QED) is 0.774. The third-order valence-electron chi connectivity index (χ3n) is 2.82. The Kier molecular flexibility index (Phi) is 3.07. The van der Waals surface area contributed by atoms with Gasteiger partial charge in [0.25, 0.3) is 0 Å². The normalized spacial score (nSPS) is 18.9. The summed E-state index contributed by atoms with van der Waals surface area (Å²) in [5.74, 6) is 0.531. The average molecular weight is 202 g/mol. The molecule has 0 aromatic carbocycles. The summed E-state index contributed by atoms with van der Waals surface area (Å²) >= 11 is 0. The minimum atomic E-state index is 0.531. The van der Waals surface area contributed by atoms with Crippen LogP contribution in [0.3, 0.4) is 0 Å². The highest BCUT2D eigenvalue weighted by molar-refractivity contribution is 5.68. The van der Waals surface area contributed by atoms with Gasteiger partial charge in [0.2, 0.25) is 0 Å². The molecule has 0 aliphatic heterocycles. The van der Waals surface area contributed by atoms with Crippen molar-refractivity contribution >= 4 is 12.2 Å². The maximum atomic E-state index is 3.33. The Morgan fingerprint density at radius 1 is 1.33 bits per heavy atom. The fraction of sp³-hybridized carbons (Fsp3) is 0.385. The van der Waals surface area contributed by atoms with Gasteiger partial charge in [0, 0.05) is 17.5 Å². The Hall–Kier alpha value is -1.28. The molecule has 1 aromatic rings. The Balaban J connectivity index is 2.26. The zero-order valence-corrected chi connectivity index (χ0v) is 9.38. The van der Waals surface area contributed by atoms with Crippen LogP contribution in [0.15, 0.2) is 18.3 Å². The summed E-state index contributed by atoms with van der Waals surface area (Å²) in [7, 11) is 1.99. The van der Waals surface area contributed by atoms with E-state index in [1.54, 1.807) is 0 Å². The van der Waals surface area contributed by atoms with Gasteiger partial charge in [0.1, 0.15) is 0 Å². The van der Waals surface area contributed by atoms with Crippen LogP contribution < -0.4 is 5.32 Å². The summed E-state index contributed by atoms with van der Waals surface area (Å²) < 4.78 is 0. The molecule has 2 rings (SSSR count). The van der Waals surface area contributed by atoms with Crippen LogP contribution in [-0.4, -0.2) is 18.6 Å². The highest BCUT2D eigenvalue weighted by Gasteiger charge is 2.08. The Morgan fingerprint density at radius 3 is 2.93 bits per heavy atom. The van der Waals surface area contributed by atoms with Crippen LogP contribution >= 0.6 is 0 Å². The van der Waals surface area contributed by atoms with Gasteiger partial charge in [-0.05, 0) is 37.6 Å². The molecule has 0 bridgehead atoms. The molecule has 80 valence electrons. The van der Waals surface area contributed by atoms with E-state index in [-0.39, 0.29) is 0 Å². The van der Waals surface area contributed by atoms with E-state index in [1.807, 2.05) is 7.05 Å². The van der Waals surface area contributed by atoms with E-state index in [0.29, 0.717) is 5.92 Å². The number of nitrogens with one attached hydrogen (secondary N) is 2. The number of aromatic nitrogens is 1. The summed E-state index contributed by atoms with van der Waals surface area (Å²) in [6, 6.07) is 0. The van der Waals surface area contributed by atoms with Gasteiger partial charge in [-0.25, -0.2) is 0 Å². The van der Waals surface area contributed by atoms with Crippen molar-refractivity contribution in [1.82, 2.24) is 10.3 Å². The first-order valence-corrected chi connectivity index (χ1v) is 5.52. The van der Waals surface area contributed by atoms with Gasteiger partial charge in [-0.3, -0.25) is 0 Å². The Labute approximate surface area is 91.1 Å². The summed E-state index contributed by atoms with van der Waals surface area (Å²) in [4.78, 5) is 3.33. The van der Waals surface area contributed by atoms with Crippen LogP contribution in [0.25, 0.3) is 12.2 Å². The molecular weight excluding hydrogens is 184 g/mol. The summed E-state index contributed by atoms with van der Waals surface area (Å²) in [6.07, 6.45) is 12.1. The minimum absolute atomic E-state index is 0.531. The predicted octanol–water partition coefficient (Wildman–Crippen LogP) is 2.45. The topological polar surface area (TPSA) is 27.8 Å². The summed E-state index contributed by atoms with van der Waals surface area (Å²) in [5, 5.41) is 3.18. The highest BCUT2D eigenvalue weighted by atomic mass is 14.8. The van der Waals surface area contributed by atoms with E-state index in [2.05, 4.69) is 47.7 Å². The molecular formula is C13H18N2. The monoisotopic (exact) mass is 202 g/mol. The number of rotatable bonds is 3. The number of aromatic amines is 1. The van der Waals surface area contributed by atoms with Crippen LogP contribution in [0, 0.1) is 5.92 Å². The van der Waals surface area contributed by atoms with Crippen LogP contribution in [0.4, 0.5) is 0 Å². The van der Waals surface area contributed by atoms with Crippen molar-refractivity contribution in [2.24, 2.45) is 5.92 Å². The molecule has 2 heteroatoms. The molecule has 15 heavy (non-hydrogen) atoms. The lowest BCUT2D eigenvalue weighted by atomic mass is 10.1. The lowest BCUT2D eigenvalue weighted by molar-refractivity contribution is 0.791. The Morgan fingerprint density at radius 2 is 2.13 bits per heavy atom. The van der Waals surface area contributed by atoms with Gasteiger partial charge >= 0.3 is 0 Å². The number of H-pyrrole nitrogens is 1. The smallest absolute Gasteiger partial charge is 0.0453 e. The SMILES string of the molecule is CNCCc1c[nH]c2c1C=CC(C)C=C2. The lowest BCUT2D eigenvalue weighted by Crippen LogP contribution is -2.10. The molecule has 2 N–H and O–H groups in total. The summed E-state index contributed by atoms with van der Waals surface area (Å²) in [6.45, 7) is 3.23. The molecule has 0 radical (unpaired) electrons. The molecule has 1 heterocycles. The van der Waals surface area contributed by atoms with E-state index < -0.39 is 0 Å². The van der Waals surface area contributed by atoms with Crippen molar-refractivity contribution in [3.05, 3.63) is 35.2 Å². The van der Waals surface area contributed by atoms with Crippen molar-refractivity contribution in [3.63, 3.8) is 0 Å². The molecule has 0 amide bonds. The van der Waals surface area contributed by atoms with Crippen molar-refractivity contribution in [3.8, 4) is 0 Å². The zero-order valence-electron chi connectivity index (χ0n) is 9.38. The number of likely N-dealkylation sites (N-methyl/N-ethyl adjacent to an activating group) is 1. The first-order valence-electron chi connectivity index (χ1n) is 5.52. The van der Waals surface area contributed by atoms with Crippen molar-refractivity contribution in [1.29, 1.82) is 0 Å². The van der Waals surface area contributed by atoms with Gasteiger partial charge in [-0.2, -0.15) is 0 Å². The molecule has 2 nitrogen and oxygen atoms in total. The van der Waals surface area contributed by atoms with Crippen LogP contribution in [-0.2, 0) is 6.42 Å². The number of hydrogen-bond donors (Lipinski definition) is 2. The van der Waals surface area contributed by atoms with Gasteiger partial charge in [0.05, 0.1) is 0 Å². The standard InChI is InChI=1S/C13H18N2/c1-10-3-5-12-11(7-8-14-2)9-15-13(12)6-4-10/h3-6,9-10,14-15H,7-8H2,1-2H3. The van der Waals surface area contributed by atoms with Crippen molar-refractivity contribution < 1.29 is 0 Å². The molecule has 1 aromatic heterocycles. The molecule has 0 fully saturated rings. The van der Waals surface area contributed by atoms with E-state index in [1.165, 1.54) is 16.8 Å². The predicted molar refractivity (Wildman–Crippen MR) is 65.7 cm³/mol. The van der Waals surface area contributed by atoms with Gasteiger partial charge in [-0.15, -0.1) is 0 Å². The molecule has 1 aliphatic rings. The van der Waals surface area contributed by atoms with E-state index in [9.17, 15) is 0 Å². The number of allylic oxidation sites excluding steroid dienone is 2. The van der Waals surface area contributed by atoms with E-state index in [0.717, 1.165) is 13.0 Å². The molecule has 0 saturated carbocycles. The second kappa shape index (κ2) is 4.49. The van der Waals surface area contributed by atoms with Crippen LogP contribution in [0.1, 0.15) is 23.7 Å². The molecule has 1 atom stereocenters. The lowest BCUT2D eigenvalue weighted by Gasteiger charge is -2.00. The van der Waals surface area contributed by atoms with Gasteiger partial charge in [0.15, 0.2) is 0 Å². The van der Waals surface area contributed by atoms with E-state index >= 15 is 0 Å². The maximum Gasteiger partial charge on any atom is 0.0453 e. The fourth-order valence-electron chi connectivity index (χ4n) is 1.85. The minimum Gasteiger partial charge on any atom is -0.361 e. The van der Waals surface area contributed by atoms with Crippen molar-refractivity contribution in [2.45, 2.75) is 13.3 Å². The maximum absolute atomic E-state index is 3.33. The summed E-state index contributed by atoms with van der Waals surface area (Å²) in [5.41, 5.74) is 3.99. The average Bonchev–Trinajstić information content (AvgIpc) is 2.53. The fourth-order valence-corrected chi connectivity index (χ4v) is 1.85. The number of fused-ring (bicyclic) bond motifs is 1. The van der Waals surface area contributed by atoms with E-state index in [4.69, 9.17) is 0 Å². The third kappa shape index (κ3) is 2.21. The highest BCUT2D eigenvalue weighted by Crippen LogP contribution is 2.22. The molecule has 1 unspecified atom stereocenters. The Bertz CT molecular complexity index is 385. The third-order valence-corrected chi connectivity index (χ3v) is 2.82. The van der Waals surface area contributed by atoms with Crippen molar-refractivity contribution in [2.75, 3.05) is 13.6 Å². The van der Waals surface area contributed by atoms with Crippen LogP contribution in [0.5, 0.6) is 0 Å².